The molecule has 2 aliphatic rings. The van der Waals surface area contributed by atoms with Gasteiger partial charge in [0, 0.05) is 14.8 Å². The van der Waals surface area contributed by atoms with Crippen molar-refractivity contribution in [1.29, 1.82) is 0 Å². The molecule has 122 valence electrons. The van der Waals surface area contributed by atoms with Crippen molar-refractivity contribution in [3.8, 4) is 5.75 Å². The molecule has 0 amide bonds. The molecule has 0 bridgehead atoms. The molecule has 5 heteroatoms. The Kier molecular flexibility index (Phi) is 4.22. The predicted octanol–water partition coefficient (Wildman–Crippen LogP) is 4.18. The predicted molar refractivity (Wildman–Crippen MR) is 109 cm³/mol. The number of aryl methyl sites for hydroxylation is 1. The second-order valence-electron chi connectivity index (χ2n) is 6.01. The minimum Gasteiger partial charge on any atom is -0.497 e. The summed E-state index contributed by atoms with van der Waals surface area (Å²) in [6, 6.07) is 15.0. The van der Waals surface area contributed by atoms with Gasteiger partial charge in [-0.1, -0.05) is 12.1 Å². The van der Waals surface area contributed by atoms with Crippen LogP contribution in [0.1, 0.15) is 29.2 Å². The number of benzene rings is 2. The van der Waals surface area contributed by atoms with Crippen molar-refractivity contribution in [3.05, 3.63) is 68.3 Å². The second-order valence-corrected chi connectivity index (χ2v) is 7.66. The zero-order chi connectivity index (χ0) is 16.7. The lowest BCUT2D eigenvalue weighted by molar-refractivity contribution is 0.414. The molecule has 24 heavy (non-hydrogen) atoms. The molecule has 2 aromatic carbocycles. The van der Waals surface area contributed by atoms with Gasteiger partial charge in [-0.05, 0) is 94.7 Å². The Balaban J connectivity index is 1.83. The normalized spacial score (nSPS) is 19.1. The summed E-state index contributed by atoms with van der Waals surface area (Å²) >= 11 is 7.83. The third-order valence-corrected chi connectivity index (χ3v) is 5.50. The van der Waals surface area contributed by atoms with E-state index in [9.17, 15) is 0 Å². The van der Waals surface area contributed by atoms with Crippen LogP contribution in [0.2, 0.25) is 0 Å². The summed E-state index contributed by atoms with van der Waals surface area (Å²) in [5.74, 6) is 0.906. The molecular weight excluding hydrogens is 431 g/mol. The zero-order valence-electron chi connectivity index (χ0n) is 13.2. The van der Waals surface area contributed by atoms with Gasteiger partial charge in [0.1, 0.15) is 5.75 Å². The van der Waals surface area contributed by atoms with Crippen LogP contribution in [0.5, 0.6) is 5.75 Å². The summed E-state index contributed by atoms with van der Waals surface area (Å²) in [5.41, 5.74) is 6.34. The third kappa shape index (κ3) is 2.80. The van der Waals surface area contributed by atoms with Gasteiger partial charge in [-0.2, -0.15) is 0 Å². The molecule has 0 unspecified atom stereocenters. The van der Waals surface area contributed by atoms with Gasteiger partial charge in [0.15, 0.2) is 5.11 Å². The van der Waals surface area contributed by atoms with Crippen molar-refractivity contribution in [2.24, 2.45) is 0 Å². The van der Waals surface area contributed by atoms with Gasteiger partial charge in [-0.3, -0.25) is 0 Å². The minimum atomic E-state index is 0.138. The van der Waals surface area contributed by atoms with Crippen molar-refractivity contribution in [2.75, 3.05) is 7.11 Å². The average Bonchev–Trinajstić information content (AvgIpc) is 2.60. The monoisotopic (exact) mass is 448 g/mol. The summed E-state index contributed by atoms with van der Waals surface area (Å²) in [5, 5.41) is 7.51. The molecule has 3 nitrogen and oxygen atoms in total. The Bertz CT molecular complexity index is 862. The van der Waals surface area contributed by atoms with Crippen LogP contribution in [0.15, 0.2) is 48.0 Å². The zero-order valence-corrected chi connectivity index (χ0v) is 16.2. The fourth-order valence-corrected chi connectivity index (χ4v) is 4.28. The Morgan fingerprint density at radius 1 is 1.17 bits per heavy atom. The Morgan fingerprint density at radius 2 is 2.04 bits per heavy atom. The fourth-order valence-electron chi connectivity index (χ4n) is 3.49. The van der Waals surface area contributed by atoms with E-state index in [1.807, 2.05) is 6.07 Å². The first-order valence-electron chi connectivity index (χ1n) is 7.89. The average molecular weight is 448 g/mol. The van der Waals surface area contributed by atoms with E-state index >= 15 is 0 Å². The Morgan fingerprint density at radius 3 is 2.83 bits per heavy atom. The van der Waals surface area contributed by atoms with Crippen molar-refractivity contribution in [2.45, 2.75) is 18.9 Å². The maximum Gasteiger partial charge on any atom is 0.171 e. The van der Waals surface area contributed by atoms with Crippen molar-refractivity contribution in [1.82, 2.24) is 10.6 Å². The van der Waals surface area contributed by atoms with E-state index in [1.165, 1.54) is 25.8 Å². The first kappa shape index (κ1) is 15.9. The third-order valence-electron chi connectivity index (χ3n) is 4.61. The van der Waals surface area contributed by atoms with E-state index in [1.54, 1.807) is 7.11 Å². The topological polar surface area (TPSA) is 33.3 Å². The van der Waals surface area contributed by atoms with Crippen molar-refractivity contribution < 1.29 is 4.74 Å². The molecule has 0 saturated carbocycles. The van der Waals surface area contributed by atoms with Crippen LogP contribution in [-0.2, 0) is 6.42 Å². The molecule has 0 aromatic heterocycles. The highest BCUT2D eigenvalue weighted by molar-refractivity contribution is 14.1. The lowest BCUT2D eigenvalue weighted by Gasteiger charge is -2.36. The van der Waals surface area contributed by atoms with E-state index in [0.717, 1.165) is 24.3 Å². The molecule has 0 radical (unpaired) electrons. The molecule has 1 aliphatic heterocycles. The number of fused-ring (bicyclic) bond motifs is 2. The smallest absolute Gasteiger partial charge is 0.171 e. The first-order chi connectivity index (χ1) is 11.7. The number of ether oxygens (including phenoxy) is 1. The molecule has 0 spiro atoms. The standard InChI is InChI=1S/C19H17IN2OS/c1-23-14-6-8-15-11(10-14)5-7-16-17(21-19(24)22-18(15)16)12-3-2-4-13(20)9-12/h2-4,6,8-10,17H,5,7H2,1H3,(H2,21,22,24)/t17-/m0/s1. The number of hydrogen-bond acceptors (Lipinski definition) is 2. The Labute approximate surface area is 160 Å². The van der Waals surface area contributed by atoms with Gasteiger partial charge in [0.2, 0.25) is 0 Å². The highest BCUT2D eigenvalue weighted by Crippen LogP contribution is 2.39. The van der Waals surface area contributed by atoms with Crippen LogP contribution in [0.3, 0.4) is 0 Å². The van der Waals surface area contributed by atoms with Gasteiger partial charge < -0.3 is 15.4 Å². The van der Waals surface area contributed by atoms with E-state index in [-0.39, 0.29) is 6.04 Å². The fraction of sp³-hybridized carbons (Fsp3) is 0.211. The van der Waals surface area contributed by atoms with Crippen molar-refractivity contribution >= 4 is 45.6 Å². The number of halogens is 1. The molecule has 1 aliphatic carbocycles. The molecule has 0 saturated heterocycles. The molecule has 2 aromatic rings. The lowest BCUT2D eigenvalue weighted by Crippen LogP contribution is -2.44. The SMILES string of the molecule is COc1ccc2c(c1)CCC1=C2NC(=S)N[C@H]1c1cccc(I)c1. The van der Waals surface area contributed by atoms with E-state index in [4.69, 9.17) is 17.0 Å². The number of thiocarbonyl (C=S) groups is 1. The lowest BCUT2D eigenvalue weighted by atomic mass is 9.83. The highest BCUT2D eigenvalue weighted by atomic mass is 127. The van der Waals surface area contributed by atoms with E-state index in [2.05, 4.69) is 69.6 Å². The van der Waals surface area contributed by atoms with Crippen LogP contribution in [0.25, 0.3) is 5.70 Å². The van der Waals surface area contributed by atoms with Gasteiger partial charge in [0.25, 0.3) is 0 Å². The minimum absolute atomic E-state index is 0.138. The number of methoxy groups -OCH3 is 1. The molecule has 1 heterocycles. The van der Waals surface area contributed by atoms with Crippen LogP contribution < -0.4 is 15.4 Å². The maximum absolute atomic E-state index is 5.48. The number of rotatable bonds is 2. The highest BCUT2D eigenvalue weighted by Gasteiger charge is 2.30. The number of hydrogen-bond donors (Lipinski definition) is 2. The summed E-state index contributed by atoms with van der Waals surface area (Å²) in [6.45, 7) is 0. The summed E-state index contributed by atoms with van der Waals surface area (Å²) in [7, 11) is 1.71. The summed E-state index contributed by atoms with van der Waals surface area (Å²) < 4.78 is 6.60. The van der Waals surface area contributed by atoms with Gasteiger partial charge >= 0.3 is 0 Å². The largest absolute Gasteiger partial charge is 0.497 e. The van der Waals surface area contributed by atoms with Crippen LogP contribution in [0.4, 0.5) is 0 Å². The van der Waals surface area contributed by atoms with E-state index in [0.29, 0.717) is 5.11 Å². The Hall–Kier alpha value is -1.60. The molecule has 1 atom stereocenters. The molecule has 2 N–H and O–H groups in total. The molecule has 0 fully saturated rings. The molecule has 4 rings (SSSR count). The van der Waals surface area contributed by atoms with Crippen LogP contribution in [-0.4, -0.2) is 12.2 Å². The summed E-state index contributed by atoms with van der Waals surface area (Å²) in [4.78, 5) is 0. The first-order valence-corrected chi connectivity index (χ1v) is 9.38. The van der Waals surface area contributed by atoms with Crippen molar-refractivity contribution in [3.63, 3.8) is 0 Å². The van der Waals surface area contributed by atoms with Crippen LogP contribution in [0, 0.1) is 3.57 Å². The quantitative estimate of drug-likeness (QED) is 0.534. The van der Waals surface area contributed by atoms with Gasteiger partial charge in [-0.15, -0.1) is 0 Å². The second kappa shape index (κ2) is 6.37. The van der Waals surface area contributed by atoms with Gasteiger partial charge in [0.05, 0.1) is 13.2 Å². The van der Waals surface area contributed by atoms with Crippen LogP contribution >= 0.6 is 34.8 Å². The summed E-state index contributed by atoms with van der Waals surface area (Å²) in [6.07, 6.45) is 2.02. The molecular formula is C19H17IN2OS. The van der Waals surface area contributed by atoms with E-state index < -0.39 is 0 Å². The maximum atomic E-state index is 5.48. The number of nitrogens with one attached hydrogen (secondary N) is 2. The van der Waals surface area contributed by atoms with Gasteiger partial charge in [-0.25, -0.2) is 0 Å².